The van der Waals surface area contributed by atoms with Crippen molar-refractivity contribution in [1.82, 2.24) is 10.3 Å². The molecule has 1 aliphatic rings. The number of carbonyl (C=O) groups is 3. The molecule has 1 saturated heterocycles. The van der Waals surface area contributed by atoms with E-state index in [0.29, 0.717) is 12.0 Å². The lowest BCUT2D eigenvalue weighted by atomic mass is 9.95. The number of anilines is 1. The van der Waals surface area contributed by atoms with E-state index in [0.717, 1.165) is 46.4 Å². The largest absolute Gasteiger partial charge is 0.481 e. The number of H-pyrrole nitrogens is 1. The van der Waals surface area contributed by atoms with Crippen LogP contribution < -0.4 is 10.2 Å². The monoisotopic (exact) mass is 537 g/mol. The van der Waals surface area contributed by atoms with Gasteiger partial charge in [0.15, 0.2) is 5.78 Å². The van der Waals surface area contributed by atoms with Gasteiger partial charge in [0.05, 0.1) is 12.5 Å². The number of benzene rings is 3. The molecule has 3 aromatic carbocycles. The van der Waals surface area contributed by atoms with Gasteiger partial charge >= 0.3 is 5.97 Å². The number of carboxylic acid groups (broad SMARTS) is 1. The second-order valence-corrected chi connectivity index (χ2v) is 10.4. The SMILES string of the molecule is O=C(O)CCCC(=O)c1c[nH]c2ccc(CC(=O)NC(c3ccccc3)c3ccccc3N3CCCCC3)cc12. The van der Waals surface area contributed by atoms with Gasteiger partial charge < -0.3 is 20.3 Å². The number of nitrogens with zero attached hydrogens (tertiary/aromatic N) is 1. The Morgan fingerprint density at radius 3 is 2.42 bits per heavy atom. The summed E-state index contributed by atoms with van der Waals surface area (Å²) in [5, 5.41) is 12.9. The molecule has 5 rings (SSSR count). The standard InChI is InChI=1S/C33H35N3O4/c37-30(14-9-15-32(39)40)27-22-34-28-17-16-23(20-26(27)28)21-31(38)35-33(24-10-3-1-4-11-24)25-12-5-6-13-29(25)36-18-7-2-8-19-36/h1,3-6,10-13,16-17,20,22,33-34H,2,7-9,14-15,18-19,21H2,(H,35,38)(H,39,40). The van der Waals surface area contributed by atoms with Crippen LogP contribution in [0.4, 0.5) is 5.69 Å². The van der Waals surface area contributed by atoms with Gasteiger partial charge in [-0.1, -0.05) is 54.6 Å². The van der Waals surface area contributed by atoms with E-state index in [1.165, 1.54) is 19.3 Å². The molecule has 0 saturated carbocycles. The summed E-state index contributed by atoms with van der Waals surface area (Å²) in [6.45, 7) is 2.03. The molecule has 1 unspecified atom stereocenters. The van der Waals surface area contributed by atoms with E-state index in [4.69, 9.17) is 5.11 Å². The third-order valence-corrected chi connectivity index (χ3v) is 7.59. The Hall–Kier alpha value is -4.39. The molecule has 0 spiro atoms. The molecule has 4 aromatic rings. The lowest BCUT2D eigenvalue weighted by molar-refractivity contribution is -0.137. The number of amides is 1. The third kappa shape index (κ3) is 6.42. The topological polar surface area (TPSA) is 102 Å². The first-order valence-corrected chi connectivity index (χ1v) is 14.0. The Morgan fingerprint density at radius 2 is 1.65 bits per heavy atom. The summed E-state index contributed by atoms with van der Waals surface area (Å²) in [5.41, 5.74) is 5.41. The van der Waals surface area contributed by atoms with Crippen LogP contribution in [0.2, 0.25) is 0 Å². The molecule has 206 valence electrons. The van der Waals surface area contributed by atoms with Gasteiger partial charge in [-0.05, 0) is 55.0 Å². The fraction of sp³-hybridized carbons (Fsp3) is 0.303. The fourth-order valence-electron chi connectivity index (χ4n) is 5.58. The number of aromatic amines is 1. The second-order valence-electron chi connectivity index (χ2n) is 10.4. The van der Waals surface area contributed by atoms with E-state index >= 15 is 0 Å². The number of piperidine rings is 1. The summed E-state index contributed by atoms with van der Waals surface area (Å²) in [6, 6.07) is 23.8. The molecule has 2 heterocycles. The third-order valence-electron chi connectivity index (χ3n) is 7.59. The molecule has 7 nitrogen and oxygen atoms in total. The van der Waals surface area contributed by atoms with Crippen LogP contribution in [0.15, 0.2) is 79.0 Å². The highest BCUT2D eigenvalue weighted by Crippen LogP contribution is 2.32. The molecule has 0 radical (unpaired) electrons. The first-order chi connectivity index (χ1) is 19.5. The normalized spacial score (nSPS) is 14.2. The number of carbonyl (C=O) groups excluding carboxylic acids is 2. The van der Waals surface area contributed by atoms with Gasteiger partial charge in [-0.2, -0.15) is 0 Å². The van der Waals surface area contributed by atoms with Crippen molar-refractivity contribution >= 4 is 34.3 Å². The summed E-state index contributed by atoms with van der Waals surface area (Å²) in [7, 11) is 0. The van der Waals surface area contributed by atoms with Gasteiger partial charge in [0.25, 0.3) is 0 Å². The quantitative estimate of drug-likeness (QED) is 0.202. The minimum Gasteiger partial charge on any atom is -0.481 e. The van der Waals surface area contributed by atoms with Gasteiger partial charge in [0.2, 0.25) is 5.91 Å². The second kappa shape index (κ2) is 12.6. The number of carboxylic acids is 1. The zero-order valence-electron chi connectivity index (χ0n) is 22.6. The molecule has 0 aliphatic carbocycles. The highest BCUT2D eigenvalue weighted by Gasteiger charge is 2.23. The van der Waals surface area contributed by atoms with Gasteiger partial charge in [-0.15, -0.1) is 0 Å². The predicted octanol–water partition coefficient (Wildman–Crippen LogP) is 6.04. The Morgan fingerprint density at radius 1 is 0.900 bits per heavy atom. The molecule has 3 N–H and O–H groups in total. The van der Waals surface area contributed by atoms with Crippen LogP contribution in [0.3, 0.4) is 0 Å². The Kier molecular flexibility index (Phi) is 8.59. The van der Waals surface area contributed by atoms with E-state index < -0.39 is 5.97 Å². The van der Waals surface area contributed by atoms with E-state index in [-0.39, 0.29) is 37.0 Å². The number of aliphatic carboxylic acids is 1. The molecule has 7 heteroatoms. The summed E-state index contributed by atoms with van der Waals surface area (Å²) in [6.07, 6.45) is 5.85. The van der Waals surface area contributed by atoms with Crippen LogP contribution in [0, 0.1) is 0 Å². The number of hydrogen-bond donors (Lipinski definition) is 3. The number of ketones is 1. The van der Waals surface area contributed by atoms with E-state index in [1.54, 1.807) is 6.20 Å². The lowest BCUT2D eigenvalue weighted by Gasteiger charge is -2.33. The number of aromatic nitrogens is 1. The average Bonchev–Trinajstić information content (AvgIpc) is 3.40. The van der Waals surface area contributed by atoms with Gasteiger partial charge in [-0.3, -0.25) is 14.4 Å². The zero-order chi connectivity index (χ0) is 27.9. The summed E-state index contributed by atoms with van der Waals surface area (Å²) in [5.74, 6) is -1.12. The molecule has 1 amide bonds. The molecular weight excluding hydrogens is 502 g/mol. The molecule has 1 aromatic heterocycles. The van der Waals surface area contributed by atoms with Crippen LogP contribution in [0.1, 0.15) is 71.6 Å². The minimum absolute atomic E-state index is 0.0387. The van der Waals surface area contributed by atoms with Crippen molar-refractivity contribution in [2.24, 2.45) is 0 Å². The van der Waals surface area contributed by atoms with E-state index in [2.05, 4.69) is 33.4 Å². The Labute approximate surface area is 234 Å². The Balaban J connectivity index is 1.37. The first-order valence-electron chi connectivity index (χ1n) is 14.0. The van der Waals surface area contributed by atoms with Gasteiger partial charge in [0, 0.05) is 59.8 Å². The minimum atomic E-state index is -0.910. The first kappa shape index (κ1) is 27.2. The zero-order valence-corrected chi connectivity index (χ0v) is 22.6. The van der Waals surface area contributed by atoms with Crippen LogP contribution >= 0.6 is 0 Å². The predicted molar refractivity (Wildman–Crippen MR) is 157 cm³/mol. The van der Waals surface area contributed by atoms with Crippen LogP contribution in [0.5, 0.6) is 0 Å². The smallest absolute Gasteiger partial charge is 0.303 e. The number of nitrogens with one attached hydrogen (secondary N) is 2. The molecule has 1 atom stereocenters. The number of Topliss-reactive ketones (excluding diaryl/α,β-unsaturated/α-hetero) is 1. The maximum atomic E-state index is 13.5. The Bertz CT molecular complexity index is 1490. The summed E-state index contributed by atoms with van der Waals surface area (Å²) < 4.78 is 0. The van der Waals surface area contributed by atoms with Crippen molar-refractivity contribution in [1.29, 1.82) is 0 Å². The van der Waals surface area contributed by atoms with Crippen LogP contribution in [-0.2, 0) is 16.0 Å². The molecule has 1 aliphatic heterocycles. The molecule has 0 bridgehead atoms. The fourth-order valence-corrected chi connectivity index (χ4v) is 5.58. The van der Waals surface area contributed by atoms with Crippen molar-refractivity contribution < 1.29 is 19.5 Å². The molecule has 40 heavy (non-hydrogen) atoms. The number of fused-ring (bicyclic) bond motifs is 1. The number of hydrogen-bond acceptors (Lipinski definition) is 4. The molecular formula is C33H35N3O4. The average molecular weight is 538 g/mol. The van der Waals surface area contributed by atoms with Gasteiger partial charge in [-0.25, -0.2) is 0 Å². The highest BCUT2D eigenvalue weighted by molar-refractivity contribution is 6.08. The summed E-state index contributed by atoms with van der Waals surface area (Å²) in [4.78, 5) is 42.6. The lowest BCUT2D eigenvalue weighted by Crippen LogP contribution is -2.34. The summed E-state index contributed by atoms with van der Waals surface area (Å²) >= 11 is 0. The van der Waals surface area contributed by atoms with E-state index in [1.807, 2.05) is 54.6 Å². The van der Waals surface area contributed by atoms with Crippen molar-refractivity contribution in [3.8, 4) is 0 Å². The highest BCUT2D eigenvalue weighted by atomic mass is 16.4. The van der Waals surface area contributed by atoms with Crippen molar-refractivity contribution in [3.63, 3.8) is 0 Å². The number of rotatable bonds is 11. The molecule has 1 fully saturated rings. The van der Waals surface area contributed by atoms with Crippen molar-refractivity contribution in [3.05, 3.63) is 101 Å². The van der Waals surface area contributed by atoms with Crippen LogP contribution in [-0.4, -0.2) is 40.8 Å². The maximum Gasteiger partial charge on any atom is 0.303 e. The van der Waals surface area contributed by atoms with Crippen molar-refractivity contribution in [2.45, 2.75) is 51.0 Å². The maximum absolute atomic E-state index is 13.5. The van der Waals surface area contributed by atoms with Gasteiger partial charge in [0.1, 0.15) is 0 Å². The number of para-hydroxylation sites is 1. The van der Waals surface area contributed by atoms with Crippen molar-refractivity contribution in [2.75, 3.05) is 18.0 Å². The van der Waals surface area contributed by atoms with Crippen LogP contribution in [0.25, 0.3) is 10.9 Å². The van der Waals surface area contributed by atoms with E-state index in [9.17, 15) is 14.4 Å².